The van der Waals surface area contributed by atoms with Crippen molar-refractivity contribution in [1.29, 1.82) is 0 Å². The first-order valence-electron chi connectivity index (χ1n) is 5.48. The van der Waals surface area contributed by atoms with Crippen molar-refractivity contribution in [3.05, 3.63) is 30.3 Å². The molecule has 2 aromatic rings. The van der Waals surface area contributed by atoms with Crippen LogP contribution in [-0.4, -0.2) is 35.2 Å². The lowest BCUT2D eigenvalue weighted by molar-refractivity contribution is 0.586. The van der Waals surface area contributed by atoms with Gasteiger partial charge >= 0.3 is 0 Å². The van der Waals surface area contributed by atoms with Crippen LogP contribution in [0.25, 0.3) is 11.4 Å². The Balaban J connectivity index is 2.24. The number of hydrogen-bond donors (Lipinski definition) is 1. The van der Waals surface area contributed by atoms with E-state index in [1.54, 1.807) is 0 Å². The van der Waals surface area contributed by atoms with Gasteiger partial charge in [-0.05, 0) is 12.1 Å². The number of anilines is 1. The molecule has 0 saturated carbocycles. The zero-order valence-corrected chi connectivity index (χ0v) is 11.1. The van der Waals surface area contributed by atoms with Gasteiger partial charge in [0.15, 0.2) is 0 Å². The first-order chi connectivity index (χ1) is 8.85. The fraction of sp³-hybridized carbons (Fsp3) is 0.273. The summed E-state index contributed by atoms with van der Waals surface area (Å²) in [5.41, 5.74) is 7.00. The summed E-state index contributed by atoms with van der Waals surface area (Å²) in [5.74, 6) is -0.469. The molecule has 0 amide bonds. The third-order valence-corrected chi connectivity index (χ3v) is 3.38. The molecule has 0 aliphatic carbocycles. The van der Waals surface area contributed by atoms with E-state index in [1.165, 1.54) is 23.0 Å². The van der Waals surface area contributed by atoms with Gasteiger partial charge in [-0.1, -0.05) is 0 Å². The maximum atomic E-state index is 12.8. The molecule has 2 rings (SSSR count). The minimum Gasteiger partial charge on any atom is -0.396 e. The number of sulfone groups is 1. The number of rotatable bonds is 4. The van der Waals surface area contributed by atoms with Crippen LogP contribution >= 0.6 is 0 Å². The largest absolute Gasteiger partial charge is 0.396 e. The Morgan fingerprint density at radius 2 is 2.16 bits per heavy atom. The zero-order chi connectivity index (χ0) is 14.0. The number of nitrogens with zero attached hydrogens (tertiary/aromatic N) is 3. The third-order valence-electron chi connectivity index (χ3n) is 2.45. The van der Waals surface area contributed by atoms with Gasteiger partial charge < -0.3 is 5.73 Å². The number of halogens is 1. The van der Waals surface area contributed by atoms with Crippen molar-refractivity contribution >= 4 is 15.5 Å². The number of nitrogen functional groups attached to an aromatic ring is 1. The predicted molar refractivity (Wildman–Crippen MR) is 69.5 cm³/mol. The fourth-order valence-electron chi connectivity index (χ4n) is 1.53. The Hall–Kier alpha value is -1.96. The SMILES string of the molecule is CS(=O)(=O)CCn1cc(N)c(-c2ccc(F)cn2)n1. The molecule has 102 valence electrons. The molecule has 8 heteroatoms. The predicted octanol–water partition coefficient (Wildman–Crippen LogP) is 0.711. The summed E-state index contributed by atoms with van der Waals surface area (Å²) in [6.45, 7) is 0.213. The van der Waals surface area contributed by atoms with Crippen LogP contribution in [0, 0.1) is 5.82 Å². The van der Waals surface area contributed by atoms with Gasteiger partial charge in [-0.3, -0.25) is 9.67 Å². The second kappa shape index (κ2) is 4.96. The third kappa shape index (κ3) is 3.50. The minimum atomic E-state index is -3.06. The van der Waals surface area contributed by atoms with Crippen molar-refractivity contribution in [2.24, 2.45) is 0 Å². The lowest BCUT2D eigenvalue weighted by Crippen LogP contribution is -2.11. The van der Waals surface area contributed by atoms with E-state index in [4.69, 9.17) is 5.73 Å². The fourth-order valence-corrected chi connectivity index (χ4v) is 2.04. The van der Waals surface area contributed by atoms with Crippen LogP contribution in [0.3, 0.4) is 0 Å². The van der Waals surface area contributed by atoms with Crippen molar-refractivity contribution < 1.29 is 12.8 Å². The zero-order valence-electron chi connectivity index (χ0n) is 10.2. The van der Waals surface area contributed by atoms with E-state index in [2.05, 4.69) is 10.1 Å². The second-order valence-corrected chi connectivity index (χ2v) is 6.45. The van der Waals surface area contributed by atoms with E-state index >= 15 is 0 Å². The van der Waals surface area contributed by atoms with E-state index in [0.717, 1.165) is 12.5 Å². The molecular formula is C11H13FN4O2S. The van der Waals surface area contributed by atoms with Crippen molar-refractivity contribution in [1.82, 2.24) is 14.8 Å². The van der Waals surface area contributed by atoms with Gasteiger partial charge in [0, 0.05) is 12.5 Å². The van der Waals surface area contributed by atoms with Gasteiger partial charge in [-0.15, -0.1) is 0 Å². The first-order valence-corrected chi connectivity index (χ1v) is 7.54. The van der Waals surface area contributed by atoms with Crippen LogP contribution < -0.4 is 5.73 Å². The maximum absolute atomic E-state index is 12.8. The van der Waals surface area contributed by atoms with Crippen LogP contribution in [0.2, 0.25) is 0 Å². The van der Waals surface area contributed by atoms with Crippen molar-refractivity contribution in [2.75, 3.05) is 17.7 Å². The van der Waals surface area contributed by atoms with Crippen molar-refractivity contribution in [3.63, 3.8) is 0 Å². The monoisotopic (exact) mass is 284 g/mol. The number of aromatic nitrogens is 3. The van der Waals surface area contributed by atoms with Gasteiger partial charge in [-0.2, -0.15) is 5.10 Å². The van der Waals surface area contributed by atoms with Crippen LogP contribution in [0.5, 0.6) is 0 Å². The Morgan fingerprint density at radius 3 is 2.74 bits per heavy atom. The quantitative estimate of drug-likeness (QED) is 0.893. The molecule has 2 heterocycles. The second-order valence-electron chi connectivity index (χ2n) is 4.19. The Bertz CT molecular complexity index is 679. The summed E-state index contributed by atoms with van der Waals surface area (Å²) >= 11 is 0. The van der Waals surface area contributed by atoms with E-state index in [-0.39, 0.29) is 12.3 Å². The summed E-state index contributed by atoms with van der Waals surface area (Å²) in [4.78, 5) is 3.88. The van der Waals surface area contributed by atoms with E-state index in [0.29, 0.717) is 17.1 Å². The number of aryl methyl sites for hydroxylation is 1. The molecule has 0 radical (unpaired) electrons. The summed E-state index contributed by atoms with van der Waals surface area (Å²) in [6, 6.07) is 2.73. The standard InChI is InChI=1S/C11H13FN4O2S/c1-19(17,18)5-4-16-7-9(13)11(15-16)10-3-2-8(12)6-14-10/h2-3,6-7H,4-5,13H2,1H3. The number of pyridine rings is 1. The normalized spacial score (nSPS) is 11.7. The highest BCUT2D eigenvalue weighted by molar-refractivity contribution is 7.90. The van der Waals surface area contributed by atoms with Gasteiger partial charge in [0.1, 0.15) is 21.3 Å². The summed E-state index contributed by atoms with van der Waals surface area (Å²) in [6.07, 6.45) is 3.76. The van der Waals surface area contributed by atoms with Crippen LogP contribution in [0.4, 0.5) is 10.1 Å². The smallest absolute Gasteiger partial charge is 0.149 e. The van der Waals surface area contributed by atoms with Crippen LogP contribution in [0.15, 0.2) is 24.5 Å². The molecule has 0 bridgehead atoms. The highest BCUT2D eigenvalue weighted by atomic mass is 32.2. The number of hydrogen-bond acceptors (Lipinski definition) is 5. The lowest BCUT2D eigenvalue weighted by Gasteiger charge is -1.99. The highest BCUT2D eigenvalue weighted by Gasteiger charge is 2.11. The molecule has 2 aromatic heterocycles. The van der Waals surface area contributed by atoms with Gasteiger partial charge in [0.05, 0.1) is 29.9 Å². The Kier molecular flexibility index (Phi) is 3.52. The molecule has 0 fully saturated rings. The van der Waals surface area contributed by atoms with Gasteiger partial charge in [-0.25, -0.2) is 12.8 Å². The summed E-state index contributed by atoms with van der Waals surface area (Å²) in [7, 11) is -3.06. The molecule has 0 aliphatic heterocycles. The molecular weight excluding hydrogens is 271 g/mol. The molecule has 2 N–H and O–H groups in total. The molecule has 0 aliphatic rings. The molecule has 19 heavy (non-hydrogen) atoms. The molecule has 0 unspecified atom stereocenters. The summed E-state index contributed by atoms with van der Waals surface area (Å²) < 4.78 is 36.4. The van der Waals surface area contributed by atoms with Crippen LogP contribution in [-0.2, 0) is 16.4 Å². The number of nitrogens with two attached hydrogens (primary N) is 1. The Labute approximate surface area is 110 Å². The molecule has 0 saturated heterocycles. The van der Waals surface area contributed by atoms with Gasteiger partial charge in [0.2, 0.25) is 0 Å². The lowest BCUT2D eigenvalue weighted by atomic mass is 10.2. The molecule has 0 atom stereocenters. The molecule has 0 aromatic carbocycles. The average molecular weight is 284 g/mol. The van der Waals surface area contributed by atoms with E-state index in [1.807, 2.05) is 0 Å². The Morgan fingerprint density at radius 1 is 1.42 bits per heavy atom. The topological polar surface area (TPSA) is 90.9 Å². The molecule has 6 nitrogen and oxygen atoms in total. The van der Waals surface area contributed by atoms with Crippen molar-refractivity contribution in [3.8, 4) is 11.4 Å². The highest BCUT2D eigenvalue weighted by Crippen LogP contribution is 2.21. The maximum Gasteiger partial charge on any atom is 0.149 e. The molecule has 0 spiro atoms. The first kappa shape index (κ1) is 13.5. The van der Waals surface area contributed by atoms with E-state index < -0.39 is 15.7 Å². The van der Waals surface area contributed by atoms with Crippen LogP contribution in [0.1, 0.15) is 0 Å². The van der Waals surface area contributed by atoms with Gasteiger partial charge in [0.25, 0.3) is 0 Å². The van der Waals surface area contributed by atoms with Crippen molar-refractivity contribution in [2.45, 2.75) is 6.54 Å². The average Bonchev–Trinajstić information content (AvgIpc) is 2.68. The summed E-state index contributed by atoms with van der Waals surface area (Å²) in [5, 5.41) is 4.16. The minimum absolute atomic E-state index is 0.0234. The van der Waals surface area contributed by atoms with E-state index in [9.17, 15) is 12.8 Å².